The molecule has 1 aromatic carbocycles. The van der Waals surface area contributed by atoms with E-state index in [1.165, 1.54) is 12.8 Å². The van der Waals surface area contributed by atoms with E-state index in [1.54, 1.807) is 13.2 Å². The molecule has 1 amide bonds. The minimum Gasteiger partial charge on any atom is -0.496 e. The second kappa shape index (κ2) is 5.95. The predicted molar refractivity (Wildman–Crippen MR) is 92.1 cm³/mol. The molecule has 5 heteroatoms. The number of benzene rings is 1. The molecule has 3 rings (SSSR count). The maximum atomic E-state index is 13.0. The first-order chi connectivity index (χ1) is 10.0. The van der Waals surface area contributed by atoms with Crippen LogP contribution in [0.5, 0.6) is 5.75 Å². The SMILES string of the molecule is COc1cc(I)c(Cl)cc1C(=O)N(C1CC1)C(C)C1CC1. The number of methoxy groups -OCH3 is 1. The average molecular weight is 420 g/mol. The van der Waals surface area contributed by atoms with Gasteiger partial charge in [0, 0.05) is 15.7 Å². The molecular formula is C16H19ClINO2. The van der Waals surface area contributed by atoms with E-state index in [2.05, 4.69) is 34.4 Å². The standard InChI is InChI=1S/C16H19ClINO2/c1-9(10-3-4-10)19(11-5-6-11)16(20)12-7-13(17)14(18)8-15(12)21-2/h7-11H,3-6H2,1-2H3. The van der Waals surface area contributed by atoms with Crippen molar-refractivity contribution in [1.29, 1.82) is 0 Å². The molecule has 0 aromatic heterocycles. The Hall–Kier alpha value is -0.490. The van der Waals surface area contributed by atoms with E-state index in [4.69, 9.17) is 16.3 Å². The quantitative estimate of drug-likeness (QED) is 0.664. The van der Waals surface area contributed by atoms with Gasteiger partial charge in [-0.25, -0.2) is 0 Å². The van der Waals surface area contributed by atoms with E-state index in [0.29, 0.717) is 34.3 Å². The highest BCUT2D eigenvalue weighted by Gasteiger charge is 2.42. The molecule has 0 heterocycles. The lowest BCUT2D eigenvalue weighted by molar-refractivity contribution is 0.0650. The average Bonchev–Trinajstić information content (AvgIpc) is 3.33. The lowest BCUT2D eigenvalue weighted by atomic mass is 10.1. The Kier molecular flexibility index (Phi) is 4.37. The van der Waals surface area contributed by atoms with E-state index in [-0.39, 0.29) is 5.91 Å². The van der Waals surface area contributed by atoms with Gasteiger partial charge in [0.25, 0.3) is 5.91 Å². The summed E-state index contributed by atoms with van der Waals surface area (Å²) in [6.45, 7) is 2.18. The van der Waals surface area contributed by atoms with Gasteiger partial charge in [-0.05, 0) is 73.2 Å². The van der Waals surface area contributed by atoms with Crippen molar-refractivity contribution in [3.8, 4) is 5.75 Å². The number of carbonyl (C=O) groups excluding carboxylic acids is 1. The summed E-state index contributed by atoms with van der Waals surface area (Å²) in [5, 5.41) is 0.606. The van der Waals surface area contributed by atoms with Gasteiger partial charge >= 0.3 is 0 Å². The lowest BCUT2D eigenvalue weighted by Crippen LogP contribution is -2.41. The molecule has 0 aliphatic heterocycles. The Bertz CT molecular complexity index is 570. The molecule has 2 aliphatic rings. The van der Waals surface area contributed by atoms with Crippen LogP contribution >= 0.6 is 34.2 Å². The topological polar surface area (TPSA) is 29.5 Å². The Morgan fingerprint density at radius 1 is 1.38 bits per heavy atom. The van der Waals surface area contributed by atoms with E-state index < -0.39 is 0 Å². The summed E-state index contributed by atoms with van der Waals surface area (Å²) >= 11 is 8.36. The zero-order valence-electron chi connectivity index (χ0n) is 12.2. The van der Waals surface area contributed by atoms with Crippen molar-refractivity contribution >= 4 is 40.1 Å². The molecule has 0 radical (unpaired) electrons. The Balaban J connectivity index is 1.93. The molecule has 1 aromatic rings. The second-order valence-corrected chi connectivity index (χ2v) is 7.56. The fraction of sp³-hybridized carbons (Fsp3) is 0.562. The van der Waals surface area contributed by atoms with Gasteiger partial charge in [0.05, 0.1) is 17.7 Å². The van der Waals surface area contributed by atoms with Gasteiger partial charge in [0.15, 0.2) is 0 Å². The van der Waals surface area contributed by atoms with Crippen LogP contribution in [0.2, 0.25) is 5.02 Å². The van der Waals surface area contributed by atoms with Gasteiger partial charge in [-0.3, -0.25) is 4.79 Å². The monoisotopic (exact) mass is 419 g/mol. The van der Waals surface area contributed by atoms with Gasteiger partial charge in [-0.15, -0.1) is 0 Å². The molecule has 21 heavy (non-hydrogen) atoms. The Morgan fingerprint density at radius 2 is 2.05 bits per heavy atom. The summed E-state index contributed by atoms with van der Waals surface area (Å²) in [5.74, 6) is 1.34. The highest BCUT2D eigenvalue weighted by atomic mass is 127. The summed E-state index contributed by atoms with van der Waals surface area (Å²) < 4.78 is 6.30. The van der Waals surface area contributed by atoms with Crippen LogP contribution < -0.4 is 4.74 Å². The number of ether oxygens (including phenoxy) is 1. The van der Waals surface area contributed by atoms with Gasteiger partial charge in [-0.1, -0.05) is 11.6 Å². The van der Waals surface area contributed by atoms with Crippen molar-refractivity contribution in [2.45, 2.75) is 44.7 Å². The molecule has 114 valence electrons. The van der Waals surface area contributed by atoms with E-state index >= 15 is 0 Å². The maximum Gasteiger partial charge on any atom is 0.258 e. The number of amides is 1. The van der Waals surface area contributed by atoms with Crippen LogP contribution in [0.15, 0.2) is 12.1 Å². The number of rotatable bonds is 5. The first-order valence-corrected chi connectivity index (χ1v) is 8.84. The minimum atomic E-state index is 0.0621. The van der Waals surface area contributed by atoms with Crippen LogP contribution in [0.25, 0.3) is 0 Å². The van der Waals surface area contributed by atoms with Crippen molar-refractivity contribution in [2.24, 2.45) is 5.92 Å². The zero-order valence-corrected chi connectivity index (χ0v) is 15.1. The first kappa shape index (κ1) is 15.4. The highest BCUT2D eigenvalue weighted by Crippen LogP contribution is 2.41. The third-order valence-electron chi connectivity index (χ3n) is 4.39. The van der Waals surface area contributed by atoms with Crippen molar-refractivity contribution in [2.75, 3.05) is 7.11 Å². The molecule has 2 fully saturated rings. The maximum absolute atomic E-state index is 13.0. The Morgan fingerprint density at radius 3 is 2.57 bits per heavy atom. The summed E-state index contributed by atoms with van der Waals surface area (Å²) in [6, 6.07) is 4.30. The number of hydrogen-bond donors (Lipinski definition) is 0. The van der Waals surface area contributed by atoms with E-state index in [9.17, 15) is 4.79 Å². The first-order valence-electron chi connectivity index (χ1n) is 7.38. The van der Waals surface area contributed by atoms with Gasteiger partial charge in [0.1, 0.15) is 5.75 Å². The molecule has 3 nitrogen and oxygen atoms in total. The normalized spacial score (nSPS) is 19.2. The van der Waals surface area contributed by atoms with Crippen molar-refractivity contribution in [3.63, 3.8) is 0 Å². The van der Waals surface area contributed by atoms with Gasteiger partial charge in [-0.2, -0.15) is 0 Å². The Labute approximate surface area is 144 Å². The summed E-state index contributed by atoms with van der Waals surface area (Å²) in [7, 11) is 1.60. The third kappa shape index (κ3) is 3.16. The molecule has 0 N–H and O–H groups in total. The number of carbonyl (C=O) groups is 1. The number of hydrogen-bond acceptors (Lipinski definition) is 2. The molecule has 2 aliphatic carbocycles. The summed E-state index contributed by atoms with van der Waals surface area (Å²) in [6.07, 6.45) is 4.71. The lowest BCUT2D eigenvalue weighted by Gasteiger charge is -2.30. The van der Waals surface area contributed by atoms with Crippen LogP contribution in [0.1, 0.15) is 43.0 Å². The zero-order chi connectivity index (χ0) is 15.1. The van der Waals surface area contributed by atoms with Crippen LogP contribution in [-0.4, -0.2) is 30.0 Å². The third-order valence-corrected chi connectivity index (χ3v) is 5.91. The van der Waals surface area contributed by atoms with Crippen molar-refractivity contribution in [3.05, 3.63) is 26.3 Å². The van der Waals surface area contributed by atoms with Gasteiger partial charge < -0.3 is 9.64 Å². The molecule has 0 spiro atoms. The highest BCUT2D eigenvalue weighted by molar-refractivity contribution is 14.1. The summed E-state index contributed by atoms with van der Waals surface area (Å²) in [4.78, 5) is 15.1. The second-order valence-electron chi connectivity index (χ2n) is 5.99. The minimum absolute atomic E-state index is 0.0621. The van der Waals surface area contributed by atoms with Crippen LogP contribution in [0.3, 0.4) is 0 Å². The van der Waals surface area contributed by atoms with E-state index in [1.807, 2.05) is 6.07 Å². The van der Waals surface area contributed by atoms with Crippen LogP contribution in [0, 0.1) is 9.49 Å². The predicted octanol–water partition coefficient (Wildman–Crippen LogP) is 4.36. The molecule has 1 atom stereocenters. The van der Waals surface area contributed by atoms with E-state index in [0.717, 1.165) is 16.4 Å². The van der Waals surface area contributed by atoms with Gasteiger partial charge in [0.2, 0.25) is 0 Å². The van der Waals surface area contributed by atoms with Crippen molar-refractivity contribution in [1.82, 2.24) is 4.90 Å². The number of halogens is 2. The molecule has 0 bridgehead atoms. The molecule has 2 saturated carbocycles. The largest absolute Gasteiger partial charge is 0.496 e. The number of nitrogens with zero attached hydrogens (tertiary/aromatic N) is 1. The smallest absolute Gasteiger partial charge is 0.258 e. The van der Waals surface area contributed by atoms with Crippen LogP contribution in [0.4, 0.5) is 0 Å². The van der Waals surface area contributed by atoms with Crippen molar-refractivity contribution < 1.29 is 9.53 Å². The van der Waals surface area contributed by atoms with Crippen LogP contribution in [-0.2, 0) is 0 Å². The molecule has 1 unspecified atom stereocenters. The fourth-order valence-corrected chi connectivity index (χ4v) is 3.45. The molecule has 0 saturated heterocycles. The molecular weight excluding hydrogens is 401 g/mol. The summed E-state index contributed by atoms with van der Waals surface area (Å²) in [5.41, 5.74) is 0.585. The fourth-order valence-electron chi connectivity index (χ4n) is 2.85.